The average molecular weight is 336 g/mol. The van der Waals surface area contributed by atoms with Crippen LogP contribution in [0.5, 0.6) is 11.5 Å². The van der Waals surface area contributed by atoms with Gasteiger partial charge in [0.05, 0.1) is 7.11 Å². The normalized spacial score (nSPS) is 11.3. The van der Waals surface area contributed by atoms with Crippen LogP contribution in [-0.4, -0.2) is 16.9 Å². The molecular weight excluding hydrogens is 315 g/mol. The van der Waals surface area contributed by atoms with Crippen LogP contribution in [0.25, 0.3) is 0 Å². The SMILES string of the molecule is COc1ccc(CCc2cc(C)c(OP(=O)(O)O)c(C)c2)cc1. The number of hydrogen-bond acceptors (Lipinski definition) is 3. The molecule has 0 heterocycles. The van der Waals surface area contributed by atoms with Crippen LogP contribution in [0.1, 0.15) is 22.3 Å². The molecule has 0 aromatic heterocycles. The Morgan fingerprint density at radius 3 is 1.96 bits per heavy atom. The van der Waals surface area contributed by atoms with Crippen molar-refractivity contribution in [3.8, 4) is 11.5 Å². The lowest BCUT2D eigenvalue weighted by Crippen LogP contribution is -1.98. The molecule has 2 rings (SSSR count). The third kappa shape index (κ3) is 5.10. The lowest BCUT2D eigenvalue weighted by molar-refractivity contribution is 0.282. The van der Waals surface area contributed by atoms with Crippen molar-refractivity contribution in [3.63, 3.8) is 0 Å². The molecule has 0 spiro atoms. The summed E-state index contributed by atoms with van der Waals surface area (Å²) in [5.41, 5.74) is 3.75. The minimum atomic E-state index is -4.54. The molecule has 0 unspecified atom stereocenters. The van der Waals surface area contributed by atoms with Gasteiger partial charge in [-0.15, -0.1) is 0 Å². The number of rotatable bonds is 6. The summed E-state index contributed by atoms with van der Waals surface area (Å²) in [7, 11) is -2.90. The molecule has 0 atom stereocenters. The lowest BCUT2D eigenvalue weighted by Gasteiger charge is -2.14. The summed E-state index contributed by atoms with van der Waals surface area (Å²) in [6.45, 7) is 3.57. The van der Waals surface area contributed by atoms with Gasteiger partial charge < -0.3 is 9.26 Å². The van der Waals surface area contributed by atoms with E-state index in [1.54, 1.807) is 21.0 Å². The summed E-state index contributed by atoms with van der Waals surface area (Å²) < 4.78 is 20.9. The largest absolute Gasteiger partial charge is 0.524 e. The van der Waals surface area contributed by atoms with Gasteiger partial charge in [0, 0.05) is 0 Å². The third-order valence-corrected chi connectivity index (χ3v) is 4.01. The summed E-state index contributed by atoms with van der Waals surface area (Å²) in [5, 5.41) is 0. The van der Waals surface area contributed by atoms with E-state index in [4.69, 9.17) is 19.0 Å². The number of hydrogen-bond donors (Lipinski definition) is 2. The first kappa shape index (κ1) is 17.5. The summed E-state index contributed by atoms with van der Waals surface area (Å²) in [5.74, 6) is 1.09. The minimum Gasteiger partial charge on any atom is -0.497 e. The molecule has 124 valence electrons. The second kappa shape index (κ2) is 7.18. The standard InChI is InChI=1S/C17H21O5P/c1-12-10-15(11-13(2)17(12)22-23(18,19)20)5-4-14-6-8-16(21-3)9-7-14/h6-11H,4-5H2,1-3H3,(H2,18,19,20). The van der Waals surface area contributed by atoms with Crippen molar-refractivity contribution in [2.75, 3.05) is 7.11 Å². The van der Waals surface area contributed by atoms with Gasteiger partial charge in [0.2, 0.25) is 0 Å². The van der Waals surface area contributed by atoms with Crippen molar-refractivity contribution in [2.45, 2.75) is 26.7 Å². The predicted octanol–water partition coefficient (Wildman–Crippen LogP) is 3.57. The molecule has 0 aliphatic rings. The Balaban J connectivity index is 2.10. The Morgan fingerprint density at radius 1 is 0.957 bits per heavy atom. The van der Waals surface area contributed by atoms with E-state index in [2.05, 4.69) is 0 Å². The van der Waals surface area contributed by atoms with Crippen LogP contribution in [0, 0.1) is 13.8 Å². The second-order valence-electron chi connectivity index (χ2n) is 5.49. The number of phosphoric acid groups is 1. The molecule has 0 radical (unpaired) electrons. The van der Waals surface area contributed by atoms with E-state index < -0.39 is 7.82 Å². The molecule has 0 aliphatic heterocycles. The first-order chi connectivity index (χ1) is 10.8. The van der Waals surface area contributed by atoms with Crippen molar-refractivity contribution >= 4 is 7.82 Å². The van der Waals surface area contributed by atoms with Crippen LogP contribution in [0.4, 0.5) is 0 Å². The topological polar surface area (TPSA) is 76.0 Å². The lowest BCUT2D eigenvalue weighted by atomic mass is 10.00. The van der Waals surface area contributed by atoms with E-state index in [1.165, 1.54) is 5.56 Å². The first-order valence-corrected chi connectivity index (χ1v) is 8.80. The molecular formula is C17H21O5P. The van der Waals surface area contributed by atoms with Crippen LogP contribution < -0.4 is 9.26 Å². The molecule has 0 amide bonds. The highest BCUT2D eigenvalue weighted by molar-refractivity contribution is 7.46. The average Bonchev–Trinajstić information content (AvgIpc) is 2.48. The third-order valence-electron chi connectivity index (χ3n) is 3.59. The molecule has 0 saturated carbocycles. The maximum Gasteiger partial charge on any atom is 0.524 e. The zero-order chi connectivity index (χ0) is 17.0. The molecule has 0 fully saturated rings. The van der Waals surface area contributed by atoms with Crippen LogP contribution in [0.15, 0.2) is 36.4 Å². The summed E-state index contributed by atoms with van der Waals surface area (Å²) in [6.07, 6.45) is 1.71. The van der Waals surface area contributed by atoms with Gasteiger partial charge in [-0.05, 0) is 61.1 Å². The monoisotopic (exact) mass is 336 g/mol. The highest BCUT2D eigenvalue weighted by Crippen LogP contribution is 2.41. The number of phosphoric ester groups is 1. The van der Waals surface area contributed by atoms with Gasteiger partial charge >= 0.3 is 7.82 Å². The molecule has 2 N–H and O–H groups in total. The van der Waals surface area contributed by atoms with Crippen molar-refractivity contribution in [1.82, 2.24) is 0 Å². The quantitative estimate of drug-likeness (QED) is 0.789. The van der Waals surface area contributed by atoms with Crippen LogP contribution in [0.3, 0.4) is 0 Å². The van der Waals surface area contributed by atoms with Crippen LogP contribution >= 0.6 is 7.82 Å². The van der Waals surface area contributed by atoms with Crippen LogP contribution in [0.2, 0.25) is 0 Å². The Bertz CT molecular complexity index is 695. The van der Waals surface area contributed by atoms with Gasteiger partial charge in [-0.25, -0.2) is 4.57 Å². The van der Waals surface area contributed by atoms with E-state index in [0.717, 1.165) is 35.3 Å². The van der Waals surface area contributed by atoms with Gasteiger partial charge in [0.1, 0.15) is 11.5 Å². The second-order valence-corrected chi connectivity index (χ2v) is 6.65. The summed E-state index contributed by atoms with van der Waals surface area (Å²) in [4.78, 5) is 17.9. The maximum absolute atomic E-state index is 11.0. The molecule has 0 saturated heterocycles. The number of aryl methyl sites for hydroxylation is 4. The molecule has 5 nitrogen and oxygen atoms in total. The van der Waals surface area contributed by atoms with Gasteiger partial charge in [0.15, 0.2) is 0 Å². The molecule has 23 heavy (non-hydrogen) atoms. The number of benzene rings is 2. The fourth-order valence-corrected chi connectivity index (χ4v) is 3.05. The van der Waals surface area contributed by atoms with Gasteiger partial charge in [-0.2, -0.15) is 0 Å². The Hall–Kier alpha value is -1.81. The molecule has 2 aromatic carbocycles. The van der Waals surface area contributed by atoms with E-state index in [-0.39, 0.29) is 5.75 Å². The van der Waals surface area contributed by atoms with E-state index in [0.29, 0.717) is 0 Å². The van der Waals surface area contributed by atoms with Gasteiger partial charge in [0.25, 0.3) is 0 Å². The fourth-order valence-electron chi connectivity index (χ4n) is 2.53. The smallest absolute Gasteiger partial charge is 0.497 e. The zero-order valence-corrected chi connectivity index (χ0v) is 14.3. The van der Waals surface area contributed by atoms with Crippen molar-refractivity contribution < 1.29 is 23.6 Å². The predicted molar refractivity (Wildman–Crippen MR) is 89.0 cm³/mol. The van der Waals surface area contributed by atoms with E-state index >= 15 is 0 Å². The Labute approximate surface area is 136 Å². The van der Waals surface area contributed by atoms with Crippen molar-refractivity contribution in [3.05, 3.63) is 58.7 Å². The Kier molecular flexibility index (Phi) is 5.47. The fraction of sp³-hybridized carbons (Fsp3) is 0.294. The highest BCUT2D eigenvalue weighted by atomic mass is 31.2. The number of ether oxygens (including phenoxy) is 1. The highest BCUT2D eigenvalue weighted by Gasteiger charge is 2.19. The zero-order valence-electron chi connectivity index (χ0n) is 13.4. The summed E-state index contributed by atoms with van der Waals surface area (Å²) >= 11 is 0. The van der Waals surface area contributed by atoms with Crippen molar-refractivity contribution in [2.24, 2.45) is 0 Å². The van der Waals surface area contributed by atoms with E-state index in [1.807, 2.05) is 36.4 Å². The molecule has 6 heteroatoms. The molecule has 0 bridgehead atoms. The first-order valence-electron chi connectivity index (χ1n) is 7.26. The summed E-state index contributed by atoms with van der Waals surface area (Å²) in [6, 6.07) is 11.7. The van der Waals surface area contributed by atoms with Crippen LogP contribution in [-0.2, 0) is 17.4 Å². The number of methoxy groups -OCH3 is 1. The minimum absolute atomic E-state index is 0.256. The van der Waals surface area contributed by atoms with E-state index in [9.17, 15) is 4.57 Å². The van der Waals surface area contributed by atoms with Gasteiger partial charge in [-0.3, -0.25) is 9.79 Å². The Morgan fingerprint density at radius 2 is 1.48 bits per heavy atom. The van der Waals surface area contributed by atoms with Crippen molar-refractivity contribution in [1.29, 1.82) is 0 Å². The molecule has 0 aliphatic carbocycles. The maximum atomic E-state index is 11.0. The van der Waals surface area contributed by atoms with Gasteiger partial charge in [-0.1, -0.05) is 24.3 Å². The molecule has 2 aromatic rings.